The molecular weight excluding hydrogens is 240 g/mol. The average molecular weight is 264 g/mol. The van der Waals surface area contributed by atoms with E-state index in [4.69, 9.17) is 0 Å². The topological polar surface area (TPSA) is 58.9 Å². The first-order chi connectivity index (χ1) is 9.21. The summed E-state index contributed by atoms with van der Waals surface area (Å²) in [7, 11) is 4.08. The lowest BCUT2D eigenvalue weighted by atomic mass is 9.65. The molecule has 106 valence electrons. The van der Waals surface area contributed by atoms with Gasteiger partial charge in [-0.3, -0.25) is 0 Å². The third-order valence-corrected chi connectivity index (χ3v) is 4.95. The molecule has 0 aromatic carbocycles. The Morgan fingerprint density at radius 2 is 1.84 bits per heavy atom. The van der Waals surface area contributed by atoms with Gasteiger partial charge in [0.25, 0.3) is 0 Å². The second kappa shape index (κ2) is 5.17. The zero-order valence-electron chi connectivity index (χ0n) is 12.0. The van der Waals surface area contributed by atoms with Crippen molar-refractivity contribution in [1.82, 2.24) is 30.4 Å². The molecule has 1 N–H and O–H groups in total. The van der Waals surface area contributed by atoms with Gasteiger partial charge in [-0.25, -0.2) is 0 Å². The van der Waals surface area contributed by atoms with Crippen LogP contribution in [0.15, 0.2) is 0 Å². The van der Waals surface area contributed by atoms with E-state index in [0.717, 1.165) is 31.8 Å². The summed E-state index contributed by atoms with van der Waals surface area (Å²) >= 11 is 0. The Balaban J connectivity index is 1.88. The molecule has 3 rings (SSSR count). The Bertz CT molecular complexity index is 415. The van der Waals surface area contributed by atoms with Gasteiger partial charge in [0.15, 0.2) is 5.82 Å². The highest BCUT2D eigenvalue weighted by molar-refractivity contribution is 5.11. The Labute approximate surface area is 114 Å². The molecule has 0 atom stereocenters. The highest BCUT2D eigenvalue weighted by Crippen LogP contribution is 2.43. The highest BCUT2D eigenvalue weighted by atomic mass is 15.6. The fourth-order valence-corrected chi connectivity index (χ4v) is 3.73. The van der Waals surface area contributed by atoms with Crippen LogP contribution in [-0.4, -0.2) is 58.3 Å². The smallest absolute Gasteiger partial charge is 0.181 e. The monoisotopic (exact) mass is 264 g/mol. The van der Waals surface area contributed by atoms with Crippen LogP contribution in [0.25, 0.3) is 0 Å². The zero-order chi connectivity index (χ0) is 13.3. The number of nitrogens with zero attached hydrogens (tertiary/aromatic N) is 5. The summed E-state index contributed by atoms with van der Waals surface area (Å²) in [4.78, 5) is 4.03. The molecule has 0 amide bonds. The number of likely N-dealkylation sites (tertiary alicyclic amines) is 1. The quantitative estimate of drug-likeness (QED) is 0.825. The molecule has 0 aliphatic carbocycles. The summed E-state index contributed by atoms with van der Waals surface area (Å²) in [5.74, 6) is 1.68. The molecule has 19 heavy (non-hydrogen) atoms. The third kappa shape index (κ3) is 2.39. The summed E-state index contributed by atoms with van der Waals surface area (Å²) in [6.45, 7) is 4.54. The van der Waals surface area contributed by atoms with Crippen LogP contribution in [0.4, 0.5) is 0 Å². The van der Waals surface area contributed by atoms with Gasteiger partial charge in [-0.15, -0.1) is 10.2 Å². The number of rotatable bonds is 2. The predicted octanol–water partition coefficient (Wildman–Crippen LogP) is 0.173. The minimum Gasteiger partial charge on any atom is -0.317 e. The highest BCUT2D eigenvalue weighted by Gasteiger charge is 2.45. The zero-order valence-corrected chi connectivity index (χ0v) is 12.0. The van der Waals surface area contributed by atoms with Crippen molar-refractivity contribution >= 4 is 0 Å². The van der Waals surface area contributed by atoms with Gasteiger partial charge >= 0.3 is 0 Å². The fourth-order valence-electron chi connectivity index (χ4n) is 3.73. The lowest BCUT2D eigenvalue weighted by Gasteiger charge is -2.44. The van der Waals surface area contributed by atoms with Gasteiger partial charge in [-0.2, -0.15) is 4.80 Å². The Kier molecular flexibility index (Phi) is 3.54. The molecule has 0 saturated carbocycles. The molecule has 1 aromatic rings. The maximum absolute atomic E-state index is 4.55. The molecule has 0 unspecified atom stereocenters. The van der Waals surface area contributed by atoms with Crippen LogP contribution >= 0.6 is 0 Å². The Hall–Kier alpha value is -1.01. The number of tetrazole rings is 1. The second-order valence-electron chi connectivity index (χ2n) is 6.09. The van der Waals surface area contributed by atoms with Crippen LogP contribution in [-0.2, 0) is 12.5 Å². The van der Waals surface area contributed by atoms with Crippen LogP contribution in [0.1, 0.15) is 31.5 Å². The van der Waals surface area contributed by atoms with Crippen molar-refractivity contribution in [2.24, 2.45) is 13.0 Å². The summed E-state index contributed by atoms with van der Waals surface area (Å²) in [5, 5.41) is 16.5. The van der Waals surface area contributed by atoms with E-state index in [-0.39, 0.29) is 5.41 Å². The van der Waals surface area contributed by atoms with E-state index in [1.165, 1.54) is 25.9 Å². The molecule has 3 heterocycles. The second-order valence-corrected chi connectivity index (χ2v) is 6.09. The average Bonchev–Trinajstić information content (AvgIpc) is 2.87. The summed E-state index contributed by atoms with van der Waals surface area (Å²) < 4.78 is 0. The molecule has 6 nitrogen and oxygen atoms in total. The van der Waals surface area contributed by atoms with E-state index in [1.807, 2.05) is 7.05 Å². The van der Waals surface area contributed by atoms with Gasteiger partial charge in [-0.1, -0.05) is 0 Å². The molecule has 2 aliphatic rings. The van der Waals surface area contributed by atoms with Gasteiger partial charge in [0, 0.05) is 5.41 Å². The summed E-state index contributed by atoms with van der Waals surface area (Å²) in [6, 6.07) is 0. The first-order valence-corrected chi connectivity index (χ1v) is 7.34. The molecule has 6 heteroatoms. The van der Waals surface area contributed by atoms with Gasteiger partial charge in [0.2, 0.25) is 0 Å². The van der Waals surface area contributed by atoms with Gasteiger partial charge < -0.3 is 10.2 Å². The summed E-state index contributed by atoms with van der Waals surface area (Å²) in [5.41, 5.74) is 0.154. The molecule has 2 saturated heterocycles. The van der Waals surface area contributed by atoms with E-state index < -0.39 is 0 Å². The number of aryl methyl sites for hydroxylation is 1. The van der Waals surface area contributed by atoms with Crippen molar-refractivity contribution < 1.29 is 0 Å². The number of hydrogen-bond donors (Lipinski definition) is 1. The third-order valence-electron chi connectivity index (χ3n) is 4.95. The van der Waals surface area contributed by atoms with E-state index in [1.54, 1.807) is 4.80 Å². The Morgan fingerprint density at radius 1 is 1.16 bits per heavy atom. The van der Waals surface area contributed by atoms with Gasteiger partial charge in [-0.05, 0) is 70.0 Å². The summed E-state index contributed by atoms with van der Waals surface area (Å²) in [6.07, 6.45) is 4.81. The molecule has 0 bridgehead atoms. The van der Waals surface area contributed by atoms with Crippen molar-refractivity contribution in [2.45, 2.75) is 31.1 Å². The largest absolute Gasteiger partial charge is 0.317 e. The maximum Gasteiger partial charge on any atom is 0.181 e. The van der Waals surface area contributed by atoms with E-state index in [9.17, 15) is 0 Å². The van der Waals surface area contributed by atoms with Crippen LogP contribution in [0.2, 0.25) is 0 Å². The van der Waals surface area contributed by atoms with Crippen LogP contribution < -0.4 is 5.32 Å². The standard InChI is InChI=1S/C13H24N6/c1-18-9-3-11(4-10-18)13(5-7-14-8-6-13)12-15-17-19(2)16-12/h11,14H,3-10H2,1-2H3. The lowest BCUT2D eigenvalue weighted by molar-refractivity contribution is 0.111. The minimum atomic E-state index is 0.154. The van der Waals surface area contributed by atoms with E-state index in [2.05, 4.69) is 32.7 Å². The molecule has 0 spiro atoms. The first kappa shape index (κ1) is 13.0. The maximum atomic E-state index is 4.55. The van der Waals surface area contributed by atoms with E-state index in [0.29, 0.717) is 5.92 Å². The molecular formula is C13H24N6. The first-order valence-electron chi connectivity index (χ1n) is 7.34. The van der Waals surface area contributed by atoms with Crippen LogP contribution in [0.5, 0.6) is 0 Å². The normalized spacial score (nSPS) is 25.6. The van der Waals surface area contributed by atoms with Gasteiger partial charge in [0.05, 0.1) is 7.05 Å². The molecule has 2 fully saturated rings. The number of hydrogen-bond acceptors (Lipinski definition) is 5. The number of aromatic nitrogens is 4. The van der Waals surface area contributed by atoms with E-state index >= 15 is 0 Å². The molecule has 1 aromatic heterocycles. The Morgan fingerprint density at radius 3 is 2.42 bits per heavy atom. The fraction of sp³-hybridized carbons (Fsp3) is 0.923. The lowest BCUT2D eigenvalue weighted by Crippen LogP contribution is -2.49. The van der Waals surface area contributed by atoms with Crippen molar-refractivity contribution in [3.8, 4) is 0 Å². The van der Waals surface area contributed by atoms with Crippen molar-refractivity contribution in [3.05, 3.63) is 5.82 Å². The SMILES string of the molecule is CN1CCC(C2(c3nnn(C)n3)CCNCC2)CC1. The number of piperidine rings is 2. The van der Waals surface area contributed by atoms with Crippen LogP contribution in [0, 0.1) is 5.92 Å². The molecule has 0 radical (unpaired) electrons. The van der Waals surface area contributed by atoms with Crippen molar-refractivity contribution in [3.63, 3.8) is 0 Å². The van der Waals surface area contributed by atoms with Gasteiger partial charge in [0.1, 0.15) is 0 Å². The predicted molar refractivity (Wildman–Crippen MR) is 72.8 cm³/mol. The van der Waals surface area contributed by atoms with Crippen molar-refractivity contribution in [1.29, 1.82) is 0 Å². The van der Waals surface area contributed by atoms with Crippen LogP contribution in [0.3, 0.4) is 0 Å². The van der Waals surface area contributed by atoms with Crippen molar-refractivity contribution in [2.75, 3.05) is 33.2 Å². The number of nitrogens with one attached hydrogen (secondary N) is 1. The molecule has 2 aliphatic heterocycles. The minimum absolute atomic E-state index is 0.154.